The van der Waals surface area contributed by atoms with Crippen LogP contribution in [0.5, 0.6) is 0 Å². The third-order valence-electron chi connectivity index (χ3n) is 2.80. The van der Waals surface area contributed by atoms with Gasteiger partial charge in [0.15, 0.2) is 5.58 Å². The summed E-state index contributed by atoms with van der Waals surface area (Å²) in [5.41, 5.74) is 1.77. The fraction of sp³-hybridized carbons (Fsp3) is 0.417. The molecule has 2 aromatic rings. The van der Waals surface area contributed by atoms with Crippen molar-refractivity contribution in [3.8, 4) is 0 Å². The first-order valence-electron chi connectivity index (χ1n) is 5.57. The third-order valence-corrected chi connectivity index (χ3v) is 3.29. The molecule has 0 unspecified atom stereocenters. The van der Waals surface area contributed by atoms with E-state index in [0.717, 1.165) is 40.5 Å². The van der Waals surface area contributed by atoms with Crippen LogP contribution >= 0.6 is 15.9 Å². The molecule has 0 amide bonds. The molecule has 1 N–H and O–H groups in total. The monoisotopic (exact) mass is 280 g/mol. The van der Waals surface area contributed by atoms with Crippen LogP contribution < -0.4 is 5.32 Å². The SMILES string of the molecule is Brc1ccc2oc(CNCC3CC3)nc2c1. The molecule has 0 aliphatic heterocycles. The smallest absolute Gasteiger partial charge is 0.209 e. The highest BCUT2D eigenvalue weighted by molar-refractivity contribution is 9.10. The number of halogens is 1. The highest BCUT2D eigenvalue weighted by Crippen LogP contribution is 2.27. The molecular weight excluding hydrogens is 268 g/mol. The minimum absolute atomic E-state index is 0.725. The average molecular weight is 281 g/mol. The number of rotatable bonds is 4. The molecule has 1 aromatic heterocycles. The predicted octanol–water partition coefficient (Wildman–Crippen LogP) is 3.09. The number of hydrogen-bond acceptors (Lipinski definition) is 3. The lowest BCUT2D eigenvalue weighted by Gasteiger charge is -1.97. The van der Waals surface area contributed by atoms with Crippen LogP contribution in [0.2, 0.25) is 0 Å². The Balaban J connectivity index is 1.71. The molecule has 0 saturated heterocycles. The summed E-state index contributed by atoms with van der Waals surface area (Å²) in [6.07, 6.45) is 2.74. The lowest BCUT2D eigenvalue weighted by atomic mass is 10.3. The average Bonchev–Trinajstić information content (AvgIpc) is 2.98. The Bertz CT molecular complexity index is 505. The Hall–Kier alpha value is -0.870. The van der Waals surface area contributed by atoms with Gasteiger partial charge < -0.3 is 9.73 Å². The Labute approximate surface area is 102 Å². The van der Waals surface area contributed by atoms with Crippen molar-refractivity contribution in [3.05, 3.63) is 28.6 Å². The first kappa shape index (κ1) is 10.3. The largest absolute Gasteiger partial charge is 0.439 e. The topological polar surface area (TPSA) is 38.1 Å². The third kappa shape index (κ3) is 2.28. The van der Waals surface area contributed by atoms with E-state index in [1.54, 1.807) is 0 Å². The number of aromatic nitrogens is 1. The highest BCUT2D eigenvalue weighted by Gasteiger charge is 2.20. The van der Waals surface area contributed by atoms with Gasteiger partial charge in [-0.15, -0.1) is 0 Å². The number of oxazole rings is 1. The van der Waals surface area contributed by atoms with Crippen molar-refractivity contribution >= 4 is 27.0 Å². The fourth-order valence-electron chi connectivity index (χ4n) is 1.73. The van der Waals surface area contributed by atoms with Gasteiger partial charge in [-0.2, -0.15) is 0 Å². The molecule has 3 nitrogen and oxygen atoms in total. The van der Waals surface area contributed by atoms with E-state index in [1.807, 2.05) is 18.2 Å². The molecule has 16 heavy (non-hydrogen) atoms. The molecule has 3 rings (SSSR count). The van der Waals surface area contributed by atoms with Crippen LogP contribution in [0.15, 0.2) is 27.1 Å². The van der Waals surface area contributed by atoms with Crippen molar-refractivity contribution in [1.82, 2.24) is 10.3 Å². The second kappa shape index (κ2) is 4.18. The molecule has 1 heterocycles. The molecule has 0 atom stereocenters. The van der Waals surface area contributed by atoms with Crippen molar-refractivity contribution in [2.75, 3.05) is 6.54 Å². The number of nitrogens with one attached hydrogen (secondary N) is 1. The molecular formula is C12H13BrN2O. The lowest BCUT2D eigenvalue weighted by Crippen LogP contribution is -2.16. The van der Waals surface area contributed by atoms with Crippen molar-refractivity contribution in [2.24, 2.45) is 5.92 Å². The van der Waals surface area contributed by atoms with E-state index in [2.05, 4.69) is 26.2 Å². The summed E-state index contributed by atoms with van der Waals surface area (Å²) in [6, 6.07) is 5.88. The van der Waals surface area contributed by atoms with E-state index < -0.39 is 0 Å². The van der Waals surface area contributed by atoms with Crippen molar-refractivity contribution < 1.29 is 4.42 Å². The molecule has 1 fully saturated rings. The van der Waals surface area contributed by atoms with Crippen molar-refractivity contribution in [2.45, 2.75) is 19.4 Å². The van der Waals surface area contributed by atoms with Gasteiger partial charge in [0.25, 0.3) is 0 Å². The standard InChI is InChI=1S/C12H13BrN2O/c13-9-3-4-11-10(5-9)15-12(16-11)7-14-6-8-1-2-8/h3-5,8,14H,1-2,6-7H2. The van der Waals surface area contributed by atoms with Gasteiger partial charge in [0.05, 0.1) is 6.54 Å². The quantitative estimate of drug-likeness (QED) is 0.935. The number of benzene rings is 1. The van der Waals surface area contributed by atoms with Gasteiger partial charge in [0.1, 0.15) is 5.52 Å². The highest BCUT2D eigenvalue weighted by atomic mass is 79.9. The minimum Gasteiger partial charge on any atom is -0.439 e. The summed E-state index contributed by atoms with van der Waals surface area (Å²) in [7, 11) is 0. The van der Waals surface area contributed by atoms with Crippen molar-refractivity contribution in [1.29, 1.82) is 0 Å². The maximum Gasteiger partial charge on any atom is 0.209 e. The molecule has 0 bridgehead atoms. The van der Waals surface area contributed by atoms with Gasteiger partial charge in [-0.1, -0.05) is 15.9 Å². The summed E-state index contributed by atoms with van der Waals surface area (Å²) in [5.74, 6) is 1.66. The van der Waals surface area contributed by atoms with Gasteiger partial charge in [-0.25, -0.2) is 4.98 Å². The second-order valence-corrected chi connectivity index (χ2v) is 5.21. The van der Waals surface area contributed by atoms with Crippen LogP contribution in [0.4, 0.5) is 0 Å². The normalized spacial score (nSPS) is 15.8. The Morgan fingerprint density at radius 2 is 2.31 bits per heavy atom. The summed E-state index contributed by atoms with van der Waals surface area (Å²) < 4.78 is 6.66. The maximum atomic E-state index is 5.63. The van der Waals surface area contributed by atoms with Crippen molar-refractivity contribution in [3.63, 3.8) is 0 Å². The van der Waals surface area contributed by atoms with Crippen LogP contribution in [-0.2, 0) is 6.54 Å². The molecule has 84 valence electrons. The van der Waals surface area contributed by atoms with E-state index in [1.165, 1.54) is 12.8 Å². The number of fused-ring (bicyclic) bond motifs is 1. The van der Waals surface area contributed by atoms with Crippen LogP contribution in [0.1, 0.15) is 18.7 Å². The maximum absolute atomic E-state index is 5.63. The van der Waals surface area contributed by atoms with Crippen LogP contribution in [0, 0.1) is 5.92 Å². The molecule has 0 spiro atoms. The van der Waals surface area contributed by atoms with E-state index in [4.69, 9.17) is 4.42 Å². The van der Waals surface area contributed by atoms with E-state index >= 15 is 0 Å². The Morgan fingerprint density at radius 1 is 1.44 bits per heavy atom. The summed E-state index contributed by atoms with van der Waals surface area (Å²) in [6.45, 7) is 1.81. The Morgan fingerprint density at radius 3 is 3.12 bits per heavy atom. The van der Waals surface area contributed by atoms with Gasteiger partial charge >= 0.3 is 0 Å². The van der Waals surface area contributed by atoms with Gasteiger partial charge in [0.2, 0.25) is 5.89 Å². The van der Waals surface area contributed by atoms with Crippen LogP contribution in [0.25, 0.3) is 11.1 Å². The molecule has 0 radical (unpaired) electrons. The minimum atomic E-state index is 0.725. The van der Waals surface area contributed by atoms with Crippen LogP contribution in [-0.4, -0.2) is 11.5 Å². The summed E-state index contributed by atoms with van der Waals surface area (Å²) >= 11 is 3.42. The van der Waals surface area contributed by atoms with Gasteiger partial charge in [-0.3, -0.25) is 0 Å². The molecule has 1 aromatic carbocycles. The lowest BCUT2D eigenvalue weighted by molar-refractivity contribution is 0.490. The first-order chi connectivity index (χ1) is 7.81. The molecule has 4 heteroatoms. The summed E-state index contributed by atoms with van der Waals surface area (Å²) in [4.78, 5) is 4.43. The summed E-state index contributed by atoms with van der Waals surface area (Å²) in [5, 5.41) is 3.37. The van der Waals surface area contributed by atoms with Gasteiger partial charge in [0, 0.05) is 4.47 Å². The zero-order chi connectivity index (χ0) is 11.0. The van der Waals surface area contributed by atoms with Crippen LogP contribution in [0.3, 0.4) is 0 Å². The van der Waals surface area contributed by atoms with Gasteiger partial charge in [-0.05, 0) is 43.5 Å². The first-order valence-corrected chi connectivity index (χ1v) is 6.36. The van der Waals surface area contributed by atoms with E-state index in [-0.39, 0.29) is 0 Å². The van der Waals surface area contributed by atoms with E-state index in [0.29, 0.717) is 0 Å². The Kier molecular flexibility index (Phi) is 2.69. The second-order valence-electron chi connectivity index (χ2n) is 4.29. The zero-order valence-corrected chi connectivity index (χ0v) is 10.5. The fourth-order valence-corrected chi connectivity index (χ4v) is 2.08. The number of hydrogen-bond donors (Lipinski definition) is 1. The zero-order valence-electron chi connectivity index (χ0n) is 8.87. The molecule has 1 saturated carbocycles. The van der Waals surface area contributed by atoms with E-state index in [9.17, 15) is 0 Å². The number of nitrogens with zero attached hydrogens (tertiary/aromatic N) is 1. The molecule has 1 aliphatic carbocycles. The molecule has 1 aliphatic rings. The predicted molar refractivity (Wildman–Crippen MR) is 66.1 cm³/mol.